The van der Waals surface area contributed by atoms with Gasteiger partial charge in [0, 0.05) is 37.3 Å². The zero-order valence-corrected chi connectivity index (χ0v) is 9.30. The first-order valence-corrected chi connectivity index (χ1v) is 5.43. The molecule has 4 nitrogen and oxygen atoms in total. The minimum atomic E-state index is -0.0268. The Morgan fingerprint density at radius 3 is 2.27 bits per heavy atom. The topological polar surface area (TPSA) is 54.0 Å². The molecule has 2 aliphatic heterocycles. The molecular formula is C11H18N4. The third-order valence-electron chi connectivity index (χ3n) is 3.25. The lowest BCUT2D eigenvalue weighted by Crippen LogP contribution is -2.32. The summed E-state index contributed by atoms with van der Waals surface area (Å²) in [5.41, 5.74) is 6.27. The van der Waals surface area contributed by atoms with E-state index in [2.05, 4.69) is 28.7 Å². The summed E-state index contributed by atoms with van der Waals surface area (Å²) in [5, 5.41) is 0. The molecule has 2 heterocycles. The highest BCUT2D eigenvalue weighted by molar-refractivity contribution is 6.05. The van der Waals surface area contributed by atoms with E-state index in [1.54, 1.807) is 12.4 Å². The van der Waals surface area contributed by atoms with Crippen LogP contribution in [0.15, 0.2) is 21.8 Å². The summed E-state index contributed by atoms with van der Waals surface area (Å²) in [6, 6.07) is 0. The molecule has 2 unspecified atom stereocenters. The van der Waals surface area contributed by atoms with E-state index in [-0.39, 0.29) is 6.29 Å². The first-order valence-electron chi connectivity index (χ1n) is 5.43. The van der Waals surface area contributed by atoms with Crippen LogP contribution in [0.1, 0.15) is 13.8 Å². The van der Waals surface area contributed by atoms with E-state index in [9.17, 15) is 0 Å². The van der Waals surface area contributed by atoms with Gasteiger partial charge in [0.25, 0.3) is 0 Å². The van der Waals surface area contributed by atoms with Gasteiger partial charge in [-0.2, -0.15) is 0 Å². The van der Waals surface area contributed by atoms with Crippen LogP contribution in [0.4, 0.5) is 0 Å². The molecule has 15 heavy (non-hydrogen) atoms. The lowest BCUT2D eigenvalue weighted by Gasteiger charge is -2.22. The molecule has 1 saturated heterocycles. The van der Waals surface area contributed by atoms with Crippen molar-refractivity contribution in [1.82, 2.24) is 4.90 Å². The number of rotatable bonds is 1. The molecule has 0 aliphatic carbocycles. The van der Waals surface area contributed by atoms with E-state index >= 15 is 0 Å². The minimum Gasteiger partial charge on any atom is -0.404 e. The molecule has 2 rings (SSSR count). The molecule has 0 aromatic rings. The van der Waals surface area contributed by atoms with Gasteiger partial charge in [-0.15, -0.1) is 0 Å². The SMILES string of the molecule is CC1CN(C2N=CC(=CN)C=N2)CC1C. The average Bonchev–Trinajstić information content (AvgIpc) is 2.59. The van der Waals surface area contributed by atoms with Gasteiger partial charge in [0.05, 0.1) is 0 Å². The Labute approximate surface area is 90.6 Å². The van der Waals surface area contributed by atoms with Crippen molar-refractivity contribution >= 4 is 12.4 Å². The molecule has 4 heteroatoms. The van der Waals surface area contributed by atoms with Gasteiger partial charge in [0.1, 0.15) is 0 Å². The van der Waals surface area contributed by atoms with E-state index in [0.29, 0.717) is 0 Å². The molecule has 0 aromatic carbocycles. The minimum absolute atomic E-state index is 0.0268. The van der Waals surface area contributed by atoms with Crippen molar-refractivity contribution in [3.63, 3.8) is 0 Å². The molecule has 0 spiro atoms. The van der Waals surface area contributed by atoms with Gasteiger partial charge in [-0.1, -0.05) is 13.8 Å². The fraction of sp³-hybridized carbons (Fsp3) is 0.636. The van der Waals surface area contributed by atoms with Crippen molar-refractivity contribution < 1.29 is 0 Å². The molecule has 0 amide bonds. The van der Waals surface area contributed by atoms with Crippen LogP contribution in [-0.4, -0.2) is 36.7 Å². The maximum absolute atomic E-state index is 5.39. The van der Waals surface area contributed by atoms with Gasteiger partial charge in [-0.05, 0) is 11.8 Å². The van der Waals surface area contributed by atoms with Crippen molar-refractivity contribution in [2.24, 2.45) is 27.6 Å². The second kappa shape index (κ2) is 4.14. The number of hydrogen-bond acceptors (Lipinski definition) is 4. The largest absolute Gasteiger partial charge is 0.404 e. The Hall–Kier alpha value is -1.16. The second-order valence-electron chi connectivity index (χ2n) is 4.48. The highest BCUT2D eigenvalue weighted by Gasteiger charge is 2.30. The van der Waals surface area contributed by atoms with Crippen LogP contribution in [0.3, 0.4) is 0 Å². The molecule has 2 atom stereocenters. The highest BCUT2D eigenvalue weighted by Crippen LogP contribution is 2.25. The zero-order valence-electron chi connectivity index (χ0n) is 9.30. The van der Waals surface area contributed by atoms with Gasteiger partial charge >= 0.3 is 0 Å². The third-order valence-corrected chi connectivity index (χ3v) is 3.25. The van der Waals surface area contributed by atoms with Crippen LogP contribution in [-0.2, 0) is 0 Å². The Bertz CT molecular complexity index is 293. The van der Waals surface area contributed by atoms with E-state index in [4.69, 9.17) is 5.73 Å². The van der Waals surface area contributed by atoms with Gasteiger partial charge in [0.15, 0.2) is 6.29 Å². The number of aliphatic imine (C=N–C) groups is 2. The van der Waals surface area contributed by atoms with Crippen molar-refractivity contribution in [3.8, 4) is 0 Å². The van der Waals surface area contributed by atoms with E-state index in [0.717, 1.165) is 30.5 Å². The van der Waals surface area contributed by atoms with E-state index in [1.807, 2.05) is 0 Å². The standard InChI is InChI=1S/C11H18N4/c1-8-6-15(7-9(8)2)11-13-4-10(3-12)5-14-11/h3-5,8-9,11H,6-7,12H2,1-2H3. The Morgan fingerprint density at radius 1 is 1.27 bits per heavy atom. The summed E-state index contributed by atoms with van der Waals surface area (Å²) >= 11 is 0. The van der Waals surface area contributed by atoms with Crippen molar-refractivity contribution in [1.29, 1.82) is 0 Å². The molecule has 0 aromatic heterocycles. The summed E-state index contributed by atoms with van der Waals surface area (Å²) < 4.78 is 0. The van der Waals surface area contributed by atoms with Crippen molar-refractivity contribution in [2.75, 3.05) is 13.1 Å². The van der Waals surface area contributed by atoms with Gasteiger partial charge in [-0.25, -0.2) is 0 Å². The quantitative estimate of drug-likeness (QED) is 0.691. The number of nitrogens with two attached hydrogens (primary N) is 1. The lowest BCUT2D eigenvalue weighted by molar-refractivity contribution is 0.247. The van der Waals surface area contributed by atoms with Crippen LogP contribution in [0.5, 0.6) is 0 Å². The first kappa shape index (κ1) is 10.4. The maximum atomic E-state index is 5.39. The van der Waals surface area contributed by atoms with Crippen LogP contribution in [0, 0.1) is 11.8 Å². The van der Waals surface area contributed by atoms with Crippen molar-refractivity contribution in [3.05, 3.63) is 11.8 Å². The molecular weight excluding hydrogens is 188 g/mol. The molecule has 0 bridgehead atoms. The summed E-state index contributed by atoms with van der Waals surface area (Å²) in [7, 11) is 0. The van der Waals surface area contributed by atoms with Gasteiger partial charge < -0.3 is 5.73 Å². The molecule has 2 N–H and O–H groups in total. The van der Waals surface area contributed by atoms with E-state index in [1.165, 1.54) is 6.20 Å². The van der Waals surface area contributed by atoms with Gasteiger partial charge in [-0.3, -0.25) is 14.9 Å². The lowest BCUT2D eigenvalue weighted by atomic mass is 10.0. The van der Waals surface area contributed by atoms with Crippen LogP contribution < -0.4 is 5.73 Å². The molecule has 1 fully saturated rings. The van der Waals surface area contributed by atoms with Crippen LogP contribution >= 0.6 is 0 Å². The normalized spacial score (nSPS) is 36.1. The predicted octanol–water partition coefficient (Wildman–Crippen LogP) is 0.856. The fourth-order valence-corrected chi connectivity index (χ4v) is 2.01. The maximum Gasteiger partial charge on any atom is 0.196 e. The summed E-state index contributed by atoms with van der Waals surface area (Å²) in [4.78, 5) is 11.1. The fourth-order valence-electron chi connectivity index (χ4n) is 2.01. The molecule has 0 saturated carbocycles. The average molecular weight is 206 g/mol. The smallest absolute Gasteiger partial charge is 0.196 e. The number of nitrogens with zero attached hydrogens (tertiary/aromatic N) is 3. The first-order chi connectivity index (χ1) is 7.20. The number of allylic oxidation sites excluding steroid dienone is 1. The van der Waals surface area contributed by atoms with Gasteiger partial charge in [0.2, 0.25) is 0 Å². The Kier molecular flexibility index (Phi) is 2.86. The third kappa shape index (κ3) is 2.09. The molecule has 82 valence electrons. The van der Waals surface area contributed by atoms with Crippen LogP contribution in [0.25, 0.3) is 0 Å². The second-order valence-corrected chi connectivity index (χ2v) is 4.48. The summed E-state index contributed by atoms with van der Waals surface area (Å²) in [6.45, 7) is 6.74. The summed E-state index contributed by atoms with van der Waals surface area (Å²) in [5.74, 6) is 1.48. The Morgan fingerprint density at radius 2 is 1.80 bits per heavy atom. The molecule has 2 aliphatic rings. The van der Waals surface area contributed by atoms with E-state index < -0.39 is 0 Å². The highest BCUT2D eigenvalue weighted by atomic mass is 15.3. The predicted molar refractivity (Wildman–Crippen MR) is 62.9 cm³/mol. The summed E-state index contributed by atoms with van der Waals surface area (Å²) in [6.07, 6.45) is 5.09. The monoisotopic (exact) mass is 206 g/mol. The van der Waals surface area contributed by atoms with Crippen molar-refractivity contribution in [2.45, 2.75) is 20.1 Å². The zero-order chi connectivity index (χ0) is 10.8. The Balaban J connectivity index is 2.00. The van der Waals surface area contributed by atoms with Crippen LogP contribution in [0.2, 0.25) is 0 Å². The number of hydrogen-bond donors (Lipinski definition) is 1. The molecule has 0 radical (unpaired) electrons. The number of likely N-dealkylation sites (tertiary alicyclic amines) is 1.